The summed E-state index contributed by atoms with van der Waals surface area (Å²) < 4.78 is 5.05. The van der Waals surface area contributed by atoms with Gasteiger partial charge >= 0.3 is 11.8 Å². The summed E-state index contributed by atoms with van der Waals surface area (Å²) in [5.74, 6) is -1.18. The molecule has 3 N–H and O–H groups in total. The maximum absolute atomic E-state index is 11.4. The normalized spacial score (nSPS) is 14.1. The van der Waals surface area contributed by atoms with E-state index in [-0.39, 0.29) is 12.6 Å². The molecule has 0 saturated heterocycles. The molecule has 1 rings (SSSR count). The van der Waals surface area contributed by atoms with Crippen LogP contribution in [0.1, 0.15) is 26.5 Å². The number of rotatable bonds is 4. The van der Waals surface area contributed by atoms with Gasteiger partial charge in [0.15, 0.2) is 0 Å². The molecular formula is C12H18N2O4. The summed E-state index contributed by atoms with van der Waals surface area (Å²) in [5.41, 5.74) is -1.35. The lowest BCUT2D eigenvalue weighted by atomic mass is 10.0. The fourth-order valence-corrected chi connectivity index (χ4v) is 1.33. The second-order valence-corrected chi connectivity index (χ2v) is 4.56. The Morgan fingerprint density at radius 1 is 1.44 bits per heavy atom. The lowest BCUT2D eigenvalue weighted by Crippen LogP contribution is -2.46. The zero-order chi connectivity index (χ0) is 13.8. The van der Waals surface area contributed by atoms with E-state index in [9.17, 15) is 14.7 Å². The summed E-state index contributed by atoms with van der Waals surface area (Å²) in [7, 11) is 0. The SMILES string of the molecule is CC(C)NC(=O)C(=O)NCC(C)(O)c1ccco1. The molecular weight excluding hydrogens is 236 g/mol. The highest BCUT2D eigenvalue weighted by Gasteiger charge is 2.28. The molecule has 0 fully saturated rings. The third-order valence-electron chi connectivity index (χ3n) is 2.27. The molecule has 100 valence electrons. The van der Waals surface area contributed by atoms with Crippen LogP contribution in [0.25, 0.3) is 0 Å². The highest BCUT2D eigenvalue weighted by molar-refractivity contribution is 6.35. The Kier molecular flexibility index (Phi) is 4.49. The van der Waals surface area contributed by atoms with Crippen molar-refractivity contribution < 1.29 is 19.1 Å². The number of hydrogen-bond donors (Lipinski definition) is 3. The maximum Gasteiger partial charge on any atom is 0.309 e. The third-order valence-corrected chi connectivity index (χ3v) is 2.27. The molecule has 6 heteroatoms. The Hall–Kier alpha value is -1.82. The number of nitrogens with one attached hydrogen (secondary N) is 2. The van der Waals surface area contributed by atoms with Crippen LogP contribution in [0.3, 0.4) is 0 Å². The van der Waals surface area contributed by atoms with Crippen LogP contribution in [0, 0.1) is 0 Å². The Morgan fingerprint density at radius 3 is 2.61 bits per heavy atom. The van der Waals surface area contributed by atoms with Gasteiger partial charge in [0.2, 0.25) is 0 Å². The van der Waals surface area contributed by atoms with Crippen molar-refractivity contribution in [1.82, 2.24) is 10.6 Å². The first-order valence-corrected chi connectivity index (χ1v) is 5.68. The molecule has 0 aliphatic heterocycles. The summed E-state index contributed by atoms with van der Waals surface area (Å²) >= 11 is 0. The predicted octanol–water partition coefficient (Wildman–Crippen LogP) is 0.128. The quantitative estimate of drug-likeness (QED) is 0.666. The van der Waals surface area contributed by atoms with Gasteiger partial charge in [-0.05, 0) is 32.9 Å². The minimum Gasteiger partial charge on any atom is -0.466 e. The van der Waals surface area contributed by atoms with E-state index in [2.05, 4.69) is 10.6 Å². The van der Waals surface area contributed by atoms with E-state index in [4.69, 9.17) is 4.42 Å². The molecule has 0 spiro atoms. The van der Waals surface area contributed by atoms with Gasteiger partial charge in [-0.15, -0.1) is 0 Å². The molecule has 0 aromatic carbocycles. The fraction of sp³-hybridized carbons (Fsp3) is 0.500. The number of carbonyl (C=O) groups is 2. The Morgan fingerprint density at radius 2 is 2.11 bits per heavy atom. The summed E-state index contributed by atoms with van der Waals surface area (Å²) in [5, 5.41) is 14.9. The number of hydrogen-bond acceptors (Lipinski definition) is 4. The van der Waals surface area contributed by atoms with Crippen molar-refractivity contribution in [1.29, 1.82) is 0 Å². The van der Waals surface area contributed by atoms with Crippen LogP contribution in [0.5, 0.6) is 0 Å². The first-order valence-electron chi connectivity index (χ1n) is 5.68. The monoisotopic (exact) mass is 254 g/mol. The van der Waals surface area contributed by atoms with E-state index in [0.717, 1.165) is 0 Å². The van der Waals surface area contributed by atoms with E-state index < -0.39 is 17.4 Å². The topological polar surface area (TPSA) is 91.6 Å². The van der Waals surface area contributed by atoms with Crippen LogP contribution >= 0.6 is 0 Å². The van der Waals surface area contributed by atoms with Gasteiger partial charge in [-0.25, -0.2) is 0 Å². The van der Waals surface area contributed by atoms with Crippen LogP contribution in [-0.2, 0) is 15.2 Å². The predicted molar refractivity (Wildman–Crippen MR) is 64.6 cm³/mol. The van der Waals surface area contributed by atoms with Gasteiger partial charge in [0.05, 0.1) is 12.8 Å². The van der Waals surface area contributed by atoms with Gasteiger partial charge in [0.25, 0.3) is 0 Å². The Bertz CT molecular complexity index is 410. The van der Waals surface area contributed by atoms with Crippen molar-refractivity contribution in [2.45, 2.75) is 32.4 Å². The van der Waals surface area contributed by atoms with Gasteiger partial charge in [-0.2, -0.15) is 0 Å². The molecule has 6 nitrogen and oxygen atoms in total. The number of furan rings is 1. The average molecular weight is 254 g/mol. The van der Waals surface area contributed by atoms with Crippen LogP contribution in [0.2, 0.25) is 0 Å². The Balaban J connectivity index is 2.50. The minimum atomic E-state index is -1.35. The van der Waals surface area contributed by atoms with Crippen molar-refractivity contribution in [3.63, 3.8) is 0 Å². The molecule has 0 aliphatic rings. The van der Waals surface area contributed by atoms with E-state index >= 15 is 0 Å². The van der Waals surface area contributed by atoms with Crippen molar-refractivity contribution in [2.75, 3.05) is 6.54 Å². The molecule has 0 bridgehead atoms. The van der Waals surface area contributed by atoms with Crippen LogP contribution in [0.15, 0.2) is 22.8 Å². The lowest BCUT2D eigenvalue weighted by molar-refractivity contribution is -0.140. The smallest absolute Gasteiger partial charge is 0.309 e. The third kappa shape index (κ3) is 3.89. The van der Waals surface area contributed by atoms with E-state index in [1.165, 1.54) is 13.2 Å². The molecule has 1 heterocycles. The van der Waals surface area contributed by atoms with Crippen molar-refractivity contribution >= 4 is 11.8 Å². The standard InChI is InChI=1S/C12H18N2O4/c1-8(2)14-11(16)10(15)13-7-12(3,17)9-5-4-6-18-9/h4-6,8,17H,7H2,1-3H3,(H,13,15)(H,14,16). The average Bonchev–Trinajstić information content (AvgIpc) is 2.78. The molecule has 1 aromatic heterocycles. The zero-order valence-corrected chi connectivity index (χ0v) is 10.7. The Labute approximate surface area is 105 Å². The molecule has 0 aliphatic carbocycles. The molecule has 1 aromatic rings. The van der Waals surface area contributed by atoms with Crippen LogP contribution in [-0.4, -0.2) is 29.5 Å². The minimum absolute atomic E-state index is 0.106. The summed E-state index contributed by atoms with van der Waals surface area (Å²) in [6.45, 7) is 4.89. The lowest BCUT2D eigenvalue weighted by Gasteiger charge is -2.21. The summed E-state index contributed by atoms with van der Waals surface area (Å²) in [4.78, 5) is 22.8. The molecule has 1 atom stereocenters. The van der Waals surface area contributed by atoms with Gasteiger partial charge in [-0.1, -0.05) is 0 Å². The van der Waals surface area contributed by atoms with Gasteiger partial charge < -0.3 is 20.2 Å². The number of carbonyl (C=O) groups excluding carboxylic acids is 2. The second kappa shape index (κ2) is 5.68. The van der Waals surface area contributed by atoms with Gasteiger partial charge in [0.1, 0.15) is 11.4 Å². The van der Waals surface area contributed by atoms with Gasteiger partial charge in [-0.3, -0.25) is 9.59 Å². The van der Waals surface area contributed by atoms with Crippen molar-refractivity contribution in [2.24, 2.45) is 0 Å². The van der Waals surface area contributed by atoms with Crippen molar-refractivity contribution in [3.8, 4) is 0 Å². The largest absolute Gasteiger partial charge is 0.466 e. The summed E-state index contributed by atoms with van der Waals surface area (Å²) in [6, 6.07) is 3.12. The summed E-state index contributed by atoms with van der Waals surface area (Å²) in [6.07, 6.45) is 1.43. The van der Waals surface area contributed by atoms with Crippen molar-refractivity contribution in [3.05, 3.63) is 24.2 Å². The van der Waals surface area contributed by atoms with E-state index in [1.54, 1.807) is 26.0 Å². The van der Waals surface area contributed by atoms with Crippen LogP contribution in [0.4, 0.5) is 0 Å². The van der Waals surface area contributed by atoms with E-state index in [1.807, 2.05) is 0 Å². The second-order valence-electron chi connectivity index (χ2n) is 4.56. The zero-order valence-electron chi connectivity index (χ0n) is 10.7. The first-order chi connectivity index (χ1) is 8.33. The van der Waals surface area contributed by atoms with E-state index in [0.29, 0.717) is 5.76 Å². The van der Waals surface area contributed by atoms with Gasteiger partial charge in [0, 0.05) is 6.04 Å². The fourth-order valence-electron chi connectivity index (χ4n) is 1.33. The molecule has 2 amide bonds. The highest BCUT2D eigenvalue weighted by Crippen LogP contribution is 2.19. The maximum atomic E-state index is 11.4. The van der Waals surface area contributed by atoms with Crippen LogP contribution < -0.4 is 10.6 Å². The molecule has 0 radical (unpaired) electrons. The number of aliphatic hydroxyl groups is 1. The molecule has 0 saturated carbocycles. The molecule has 1 unspecified atom stereocenters. The highest BCUT2D eigenvalue weighted by atomic mass is 16.4. The number of amides is 2. The first kappa shape index (κ1) is 14.2. The molecule has 18 heavy (non-hydrogen) atoms.